The Balaban J connectivity index is 0.000000204. The van der Waals surface area contributed by atoms with E-state index in [1.807, 2.05) is 24.3 Å². The van der Waals surface area contributed by atoms with Gasteiger partial charge in [0, 0.05) is 36.8 Å². The van der Waals surface area contributed by atoms with Gasteiger partial charge in [0.1, 0.15) is 53.2 Å². The number of hydrogen-bond donors (Lipinski definition) is 11. The van der Waals surface area contributed by atoms with E-state index in [2.05, 4.69) is 0 Å². The fourth-order valence-electron chi connectivity index (χ4n) is 7.69. The van der Waals surface area contributed by atoms with Crippen LogP contribution in [-0.4, -0.2) is 104 Å². The van der Waals surface area contributed by atoms with E-state index in [9.17, 15) is 75.3 Å². The fraction of sp³-hybridized carbons (Fsp3) is 0.200. The molecule has 0 bridgehead atoms. The van der Waals surface area contributed by atoms with Gasteiger partial charge in [-0.1, -0.05) is 30.3 Å². The SMILES string of the molecule is Cc1c(O)cc(C(=O)O[C@H]2Cc3cc(O)ccc3C[C@H]2OC(=O)c2cc(O)c(O)c(O)c2)cc1O.Cc1c(O)cc(C(=O)O[C@H]2Cc3ccccc3C[C@H]2OC(=O)c2cc(O)c(O)c(O)c2)cc1O. The van der Waals surface area contributed by atoms with Crippen LogP contribution in [0.4, 0.5) is 0 Å². The van der Waals surface area contributed by atoms with Crippen molar-refractivity contribution in [2.24, 2.45) is 0 Å². The van der Waals surface area contributed by atoms with E-state index in [1.54, 1.807) is 6.07 Å². The number of ether oxygens (including phenoxy) is 4. The maximum Gasteiger partial charge on any atom is 0.338 e. The molecule has 6 aromatic rings. The molecule has 0 saturated heterocycles. The summed E-state index contributed by atoms with van der Waals surface area (Å²) in [5, 5.41) is 107. The molecule has 19 nitrogen and oxygen atoms in total. The molecule has 2 aliphatic carbocycles. The second kappa shape index (κ2) is 19.5. The Morgan fingerprint density at radius 3 is 0.928 bits per heavy atom. The first-order chi connectivity index (χ1) is 32.7. The first kappa shape index (κ1) is 47.9. The van der Waals surface area contributed by atoms with Gasteiger partial charge in [0.05, 0.1) is 22.3 Å². The van der Waals surface area contributed by atoms with Crippen molar-refractivity contribution in [1.29, 1.82) is 0 Å². The van der Waals surface area contributed by atoms with Crippen LogP contribution in [0.5, 0.6) is 63.2 Å². The molecule has 0 spiro atoms. The molecule has 8 rings (SSSR count). The maximum atomic E-state index is 12.8. The largest absolute Gasteiger partial charge is 0.508 e. The predicted molar refractivity (Wildman–Crippen MR) is 238 cm³/mol. The van der Waals surface area contributed by atoms with Crippen LogP contribution in [0.25, 0.3) is 0 Å². The first-order valence-corrected chi connectivity index (χ1v) is 20.9. The van der Waals surface area contributed by atoms with Crippen LogP contribution in [0.15, 0.2) is 91.0 Å². The molecule has 0 radical (unpaired) electrons. The van der Waals surface area contributed by atoms with Gasteiger partial charge in [-0.05, 0) is 96.8 Å². The summed E-state index contributed by atoms with van der Waals surface area (Å²) in [5.41, 5.74) is 2.99. The molecule has 19 heteroatoms. The lowest BCUT2D eigenvalue weighted by atomic mass is 9.87. The summed E-state index contributed by atoms with van der Waals surface area (Å²) in [5.74, 6) is -9.06. The van der Waals surface area contributed by atoms with Crippen molar-refractivity contribution in [3.05, 3.63) is 147 Å². The quantitative estimate of drug-likeness (QED) is 0.0484. The molecule has 0 amide bonds. The molecule has 0 unspecified atom stereocenters. The average molecular weight is 949 g/mol. The molecular weight excluding hydrogens is 905 g/mol. The van der Waals surface area contributed by atoms with Crippen LogP contribution in [0, 0.1) is 13.8 Å². The van der Waals surface area contributed by atoms with Gasteiger partial charge in [0.25, 0.3) is 0 Å². The van der Waals surface area contributed by atoms with E-state index in [1.165, 1.54) is 38.1 Å². The van der Waals surface area contributed by atoms with Crippen LogP contribution in [0.3, 0.4) is 0 Å². The Labute approximate surface area is 391 Å². The lowest BCUT2D eigenvalue weighted by molar-refractivity contribution is -0.0390. The summed E-state index contributed by atoms with van der Waals surface area (Å²) in [6, 6.07) is 20.4. The smallest absolute Gasteiger partial charge is 0.338 e. The second-order valence-electron chi connectivity index (χ2n) is 16.3. The minimum atomic E-state index is -1.01. The normalized spacial score (nSPS) is 16.9. The molecule has 0 saturated carbocycles. The molecular formula is C50H44O19. The third-order valence-corrected chi connectivity index (χ3v) is 11.6. The van der Waals surface area contributed by atoms with Gasteiger partial charge in [-0.25, -0.2) is 19.2 Å². The Morgan fingerprint density at radius 1 is 0.362 bits per heavy atom. The topological polar surface area (TPSA) is 328 Å². The summed E-state index contributed by atoms with van der Waals surface area (Å²) in [7, 11) is 0. The van der Waals surface area contributed by atoms with Crippen LogP contribution in [0.2, 0.25) is 0 Å². The maximum absolute atomic E-state index is 12.8. The van der Waals surface area contributed by atoms with Gasteiger partial charge >= 0.3 is 23.9 Å². The second-order valence-corrected chi connectivity index (χ2v) is 16.3. The molecule has 69 heavy (non-hydrogen) atoms. The third kappa shape index (κ3) is 10.5. The van der Waals surface area contributed by atoms with Crippen LogP contribution in [-0.2, 0) is 44.6 Å². The molecule has 4 atom stereocenters. The highest BCUT2D eigenvalue weighted by Gasteiger charge is 2.37. The zero-order valence-electron chi connectivity index (χ0n) is 36.5. The monoisotopic (exact) mass is 948 g/mol. The third-order valence-electron chi connectivity index (χ3n) is 11.6. The average Bonchev–Trinajstić information content (AvgIpc) is 3.30. The Bertz CT molecular complexity index is 2820. The number of hydrogen-bond acceptors (Lipinski definition) is 19. The zero-order valence-corrected chi connectivity index (χ0v) is 36.5. The van der Waals surface area contributed by atoms with E-state index in [-0.39, 0.29) is 87.8 Å². The van der Waals surface area contributed by atoms with Crippen LogP contribution >= 0.6 is 0 Å². The number of phenols is 11. The summed E-state index contributed by atoms with van der Waals surface area (Å²) in [6.45, 7) is 2.96. The predicted octanol–water partition coefficient (Wildman–Crippen LogP) is 5.85. The number of rotatable bonds is 8. The van der Waals surface area contributed by atoms with Crippen molar-refractivity contribution in [3.8, 4) is 63.2 Å². The number of carbonyl (C=O) groups excluding carboxylic acids is 4. The Morgan fingerprint density at radius 2 is 0.623 bits per heavy atom. The van der Waals surface area contributed by atoms with E-state index < -0.39 is 82.8 Å². The molecule has 2 aliphatic rings. The standard InChI is InChI=1S/C25H22O10.C25H22O9/c1-11-17(27)5-14(6-18(11)28)24(32)35-22-10-13-4-16(26)3-2-12(13)9-21(22)34-25(33)15-7-19(29)23(31)20(30)8-15;1-12-17(26)6-15(7-18(12)27)24(31)33-21-10-13-4-2-3-5-14(13)11-22(21)34-25(32)16-8-19(28)23(30)20(29)9-16/h2-8,21-22,26-31H,9-10H2,1H3;2-9,21-22,26-30H,10-11H2,1H3/t2*21-,22+/m10/s1. The molecule has 0 heterocycles. The minimum Gasteiger partial charge on any atom is -0.508 e. The lowest BCUT2D eigenvalue weighted by Gasteiger charge is -2.32. The van der Waals surface area contributed by atoms with Gasteiger partial charge < -0.3 is 75.1 Å². The van der Waals surface area contributed by atoms with E-state index in [4.69, 9.17) is 18.9 Å². The number of fused-ring (bicyclic) bond motifs is 2. The molecule has 0 fully saturated rings. The zero-order chi connectivity index (χ0) is 50.0. The summed E-state index contributed by atoms with van der Waals surface area (Å²) < 4.78 is 22.3. The van der Waals surface area contributed by atoms with Crippen molar-refractivity contribution in [3.63, 3.8) is 0 Å². The van der Waals surface area contributed by atoms with Crippen LogP contribution < -0.4 is 0 Å². The molecule has 358 valence electrons. The van der Waals surface area contributed by atoms with E-state index >= 15 is 0 Å². The number of phenolic OH excluding ortho intramolecular Hbond substituents is 11. The first-order valence-electron chi connectivity index (χ1n) is 20.9. The number of carbonyl (C=O) groups is 4. The lowest BCUT2D eigenvalue weighted by Crippen LogP contribution is -2.41. The molecule has 0 aromatic heterocycles. The number of aromatic hydroxyl groups is 11. The number of esters is 4. The molecule has 0 aliphatic heterocycles. The summed E-state index contributed by atoms with van der Waals surface area (Å²) >= 11 is 0. The van der Waals surface area contributed by atoms with Gasteiger partial charge in [0.2, 0.25) is 0 Å². The van der Waals surface area contributed by atoms with Gasteiger partial charge in [-0.2, -0.15) is 0 Å². The molecule has 11 N–H and O–H groups in total. The minimum absolute atomic E-state index is 0.00712. The van der Waals surface area contributed by atoms with Gasteiger partial charge in [0.15, 0.2) is 34.5 Å². The van der Waals surface area contributed by atoms with Crippen molar-refractivity contribution in [2.75, 3.05) is 0 Å². The van der Waals surface area contributed by atoms with E-state index in [0.717, 1.165) is 53.1 Å². The van der Waals surface area contributed by atoms with Crippen molar-refractivity contribution < 1.29 is 94.3 Å². The van der Waals surface area contributed by atoms with Crippen molar-refractivity contribution in [1.82, 2.24) is 0 Å². The highest BCUT2D eigenvalue weighted by molar-refractivity contribution is 5.93. The highest BCUT2D eigenvalue weighted by atomic mass is 16.6. The van der Waals surface area contributed by atoms with Crippen molar-refractivity contribution >= 4 is 23.9 Å². The Hall–Kier alpha value is -9.00. The highest BCUT2D eigenvalue weighted by Crippen LogP contribution is 2.39. The van der Waals surface area contributed by atoms with Gasteiger partial charge in [-0.3, -0.25) is 0 Å². The fourth-order valence-corrected chi connectivity index (χ4v) is 7.69. The summed E-state index contributed by atoms with van der Waals surface area (Å²) in [4.78, 5) is 51.1. The van der Waals surface area contributed by atoms with Crippen LogP contribution in [0.1, 0.15) is 74.8 Å². The Kier molecular flexibility index (Phi) is 13.5. The van der Waals surface area contributed by atoms with Crippen molar-refractivity contribution in [2.45, 2.75) is 63.9 Å². The molecule has 6 aromatic carbocycles. The summed E-state index contributed by atoms with van der Waals surface area (Å²) in [6.07, 6.45) is -3.10. The van der Waals surface area contributed by atoms with Gasteiger partial charge in [-0.15, -0.1) is 0 Å². The van der Waals surface area contributed by atoms with E-state index in [0.29, 0.717) is 5.56 Å². The number of benzene rings is 6.